The number of carbonyl (C=O) groups excluding carboxylic acids is 1. The van der Waals surface area contributed by atoms with E-state index in [4.69, 9.17) is 14.4 Å². The van der Waals surface area contributed by atoms with E-state index in [9.17, 15) is 18.0 Å². The number of aliphatic carboxylic acids is 1. The minimum atomic E-state index is -5.08. The molecule has 1 N–H and O–H groups in total. The van der Waals surface area contributed by atoms with Crippen LogP contribution in [0.3, 0.4) is 0 Å². The fourth-order valence-corrected chi connectivity index (χ4v) is 2.55. The molecular weight excluding hydrogens is 415 g/mol. The van der Waals surface area contributed by atoms with E-state index in [1.165, 1.54) is 0 Å². The first-order valence-corrected chi connectivity index (χ1v) is 9.07. The fourth-order valence-electron chi connectivity index (χ4n) is 2.55. The molecule has 31 heavy (non-hydrogen) atoms. The highest BCUT2D eigenvalue weighted by Crippen LogP contribution is 2.27. The van der Waals surface area contributed by atoms with Crippen molar-refractivity contribution in [3.05, 3.63) is 71.7 Å². The number of rotatable bonds is 5. The van der Waals surface area contributed by atoms with Gasteiger partial charge < -0.3 is 14.5 Å². The number of benzene rings is 1. The molecule has 0 fully saturated rings. The Bertz CT molecular complexity index is 1010. The van der Waals surface area contributed by atoms with Gasteiger partial charge in [-0.1, -0.05) is 35.5 Å². The SMILES string of the molecule is Cc1noc(-c2ccccc2)c1C(=O)N(C)CCc1ccncc1.O=C(O)C(F)(F)F. The van der Waals surface area contributed by atoms with Crippen LogP contribution >= 0.6 is 0 Å². The summed E-state index contributed by atoms with van der Waals surface area (Å²) in [6.07, 6.45) is -0.792. The van der Waals surface area contributed by atoms with Crippen LogP contribution in [0.4, 0.5) is 13.2 Å². The van der Waals surface area contributed by atoms with Crippen LogP contribution in [0, 0.1) is 6.92 Å². The molecule has 0 spiro atoms. The van der Waals surface area contributed by atoms with Gasteiger partial charge in [-0.15, -0.1) is 0 Å². The maximum Gasteiger partial charge on any atom is 0.490 e. The summed E-state index contributed by atoms with van der Waals surface area (Å²) in [4.78, 5) is 27.5. The highest BCUT2D eigenvalue weighted by molar-refractivity contribution is 6.00. The molecule has 7 nitrogen and oxygen atoms in total. The minimum absolute atomic E-state index is 0.0818. The Morgan fingerprint density at radius 2 is 1.68 bits per heavy atom. The van der Waals surface area contributed by atoms with E-state index in [0.717, 1.165) is 17.5 Å². The smallest absolute Gasteiger partial charge is 0.475 e. The van der Waals surface area contributed by atoms with Gasteiger partial charge in [-0.2, -0.15) is 13.2 Å². The predicted molar refractivity (Wildman–Crippen MR) is 105 cm³/mol. The third kappa shape index (κ3) is 6.66. The summed E-state index contributed by atoms with van der Waals surface area (Å²) in [6.45, 7) is 2.40. The van der Waals surface area contributed by atoms with Crippen LogP contribution < -0.4 is 0 Å². The lowest BCUT2D eigenvalue weighted by Crippen LogP contribution is -2.29. The van der Waals surface area contributed by atoms with E-state index in [1.54, 1.807) is 31.3 Å². The highest BCUT2D eigenvalue weighted by Gasteiger charge is 2.38. The molecule has 0 aliphatic carbocycles. The molecular formula is C21H20F3N3O4. The molecule has 0 unspecified atom stereocenters. The van der Waals surface area contributed by atoms with Crippen LogP contribution in [0.25, 0.3) is 11.3 Å². The molecule has 1 amide bonds. The second-order valence-electron chi connectivity index (χ2n) is 6.47. The molecule has 2 aromatic heterocycles. The van der Waals surface area contributed by atoms with Gasteiger partial charge >= 0.3 is 12.1 Å². The number of carboxylic acids is 1. The van der Waals surface area contributed by atoms with Crippen LogP contribution in [0.2, 0.25) is 0 Å². The number of aromatic nitrogens is 2. The van der Waals surface area contributed by atoms with Gasteiger partial charge in [-0.05, 0) is 31.0 Å². The maximum atomic E-state index is 12.9. The third-order valence-electron chi connectivity index (χ3n) is 4.19. The number of likely N-dealkylation sites (N-methyl/N-ethyl adjacent to an activating group) is 1. The average molecular weight is 435 g/mol. The van der Waals surface area contributed by atoms with Gasteiger partial charge in [0.1, 0.15) is 5.56 Å². The largest absolute Gasteiger partial charge is 0.490 e. The molecule has 3 rings (SSSR count). The number of hydrogen-bond donors (Lipinski definition) is 1. The first kappa shape index (κ1) is 23.6. The molecule has 10 heteroatoms. The van der Waals surface area contributed by atoms with Gasteiger partial charge in [0.2, 0.25) is 0 Å². The van der Waals surface area contributed by atoms with Crippen LogP contribution in [0.5, 0.6) is 0 Å². The molecule has 0 saturated heterocycles. The predicted octanol–water partition coefficient (Wildman–Crippen LogP) is 3.99. The van der Waals surface area contributed by atoms with E-state index in [1.807, 2.05) is 42.5 Å². The summed E-state index contributed by atoms with van der Waals surface area (Å²) >= 11 is 0. The maximum absolute atomic E-state index is 12.9. The molecule has 2 heterocycles. The van der Waals surface area contributed by atoms with Crippen LogP contribution in [0.15, 0.2) is 59.4 Å². The Hall–Kier alpha value is -3.69. The Morgan fingerprint density at radius 3 is 2.23 bits per heavy atom. The molecule has 164 valence electrons. The average Bonchev–Trinajstić information content (AvgIpc) is 3.14. The first-order chi connectivity index (χ1) is 14.6. The van der Waals surface area contributed by atoms with E-state index in [2.05, 4.69) is 10.1 Å². The lowest BCUT2D eigenvalue weighted by molar-refractivity contribution is -0.192. The van der Waals surface area contributed by atoms with Crippen molar-refractivity contribution in [3.63, 3.8) is 0 Å². The summed E-state index contributed by atoms with van der Waals surface area (Å²) in [5, 5.41) is 11.1. The number of aryl methyl sites for hydroxylation is 1. The zero-order chi connectivity index (χ0) is 23.0. The topological polar surface area (TPSA) is 96.5 Å². The number of amides is 1. The Kier molecular flexibility index (Phi) is 7.89. The quantitative estimate of drug-likeness (QED) is 0.651. The number of alkyl halides is 3. The molecule has 0 aliphatic rings. The molecule has 0 bridgehead atoms. The third-order valence-corrected chi connectivity index (χ3v) is 4.19. The lowest BCUT2D eigenvalue weighted by Gasteiger charge is -2.17. The van der Waals surface area contributed by atoms with Gasteiger partial charge in [-0.25, -0.2) is 4.79 Å². The molecule has 0 aliphatic heterocycles. The number of nitrogens with zero attached hydrogens (tertiary/aromatic N) is 3. The molecule has 0 radical (unpaired) electrons. The minimum Gasteiger partial charge on any atom is -0.475 e. The van der Waals surface area contributed by atoms with E-state index in [0.29, 0.717) is 23.6 Å². The summed E-state index contributed by atoms with van der Waals surface area (Å²) in [7, 11) is 1.80. The second kappa shape index (κ2) is 10.4. The second-order valence-corrected chi connectivity index (χ2v) is 6.47. The highest BCUT2D eigenvalue weighted by atomic mass is 19.4. The summed E-state index contributed by atoms with van der Waals surface area (Å²) in [5.74, 6) is -2.32. The standard InChI is InChI=1S/C19H19N3O2.C2HF3O2/c1-14-17(18(24-21-14)16-6-4-3-5-7-16)19(23)22(2)13-10-15-8-11-20-12-9-15;3-2(4,5)1(6)7/h3-9,11-12H,10,13H2,1-2H3;(H,6,7). The summed E-state index contributed by atoms with van der Waals surface area (Å²) < 4.78 is 37.1. The van der Waals surface area contributed by atoms with Crippen molar-refractivity contribution < 1.29 is 32.4 Å². The van der Waals surface area contributed by atoms with Crippen molar-refractivity contribution in [3.8, 4) is 11.3 Å². The number of carboxylic acid groups (broad SMARTS) is 1. The molecule has 3 aromatic rings. The Balaban J connectivity index is 0.000000423. The number of hydrogen-bond acceptors (Lipinski definition) is 5. The van der Waals surface area contributed by atoms with Crippen molar-refractivity contribution >= 4 is 11.9 Å². The van der Waals surface area contributed by atoms with Gasteiger partial charge in [0.05, 0.1) is 5.69 Å². The van der Waals surface area contributed by atoms with Gasteiger partial charge in [0, 0.05) is 31.5 Å². The van der Waals surface area contributed by atoms with Gasteiger partial charge in [0.25, 0.3) is 5.91 Å². The summed E-state index contributed by atoms with van der Waals surface area (Å²) in [5.41, 5.74) is 3.13. The monoisotopic (exact) mass is 435 g/mol. The van der Waals surface area contributed by atoms with E-state index >= 15 is 0 Å². The van der Waals surface area contributed by atoms with Crippen LogP contribution in [0.1, 0.15) is 21.6 Å². The van der Waals surface area contributed by atoms with Crippen molar-refractivity contribution in [2.75, 3.05) is 13.6 Å². The fraction of sp³-hybridized carbons (Fsp3) is 0.238. The zero-order valence-electron chi connectivity index (χ0n) is 16.8. The van der Waals surface area contributed by atoms with Gasteiger partial charge in [0.15, 0.2) is 5.76 Å². The van der Waals surface area contributed by atoms with Crippen LogP contribution in [-0.4, -0.2) is 51.8 Å². The van der Waals surface area contributed by atoms with Crippen molar-refractivity contribution in [1.29, 1.82) is 0 Å². The summed E-state index contributed by atoms with van der Waals surface area (Å²) in [6, 6.07) is 13.5. The van der Waals surface area contributed by atoms with Crippen LogP contribution in [-0.2, 0) is 11.2 Å². The Labute approximate surface area is 176 Å². The lowest BCUT2D eigenvalue weighted by atomic mass is 10.1. The van der Waals surface area contributed by atoms with Crippen molar-refractivity contribution in [2.45, 2.75) is 19.5 Å². The Morgan fingerprint density at radius 1 is 1.10 bits per heavy atom. The number of halogens is 3. The van der Waals surface area contributed by atoms with E-state index in [-0.39, 0.29) is 5.91 Å². The molecule has 0 atom stereocenters. The van der Waals surface area contributed by atoms with Gasteiger partial charge in [-0.3, -0.25) is 9.78 Å². The van der Waals surface area contributed by atoms with E-state index < -0.39 is 12.1 Å². The normalized spacial score (nSPS) is 10.7. The molecule has 0 saturated carbocycles. The van der Waals surface area contributed by atoms with Crippen molar-refractivity contribution in [2.24, 2.45) is 0 Å². The first-order valence-electron chi connectivity index (χ1n) is 9.07. The number of pyridine rings is 1. The van der Waals surface area contributed by atoms with Crippen molar-refractivity contribution in [1.82, 2.24) is 15.0 Å². The zero-order valence-corrected chi connectivity index (χ0v) is 16.8. The molecule has 1 aromatic carbocycles. The number of carbonyl (C=O) groups is 2.